The number of hydrogen-bond donors (Lipinski definition) is 3. The number of amides is 1. The number of aromatic nitrogens is 2. The van der Waals surface area contributed by atoms with Gasteiger partial charge in [0.25, 0.3) is 0 Å². The van der Waals surface area contributed by atoms with Crippen molar-refractivity contribution in [2.24, 2.45) is 0 Å². The normalized spacial score (nSPS) is 14.3. The van der Waals surface area contributed by atoms with Crippen LogP contribution in [0.2, 0.25) is 0 Å². The smallest absolute Gasteiger partial charge is 0.333 e. The van der Waals surface area contributed by atoms with Gasteiger partial charge in [-0.15, -0.1) is 0 Å². The summed E-state index contributed by atoms with van der Waals surface area (Å²) in [5, 5.41) is 25.1. The van der Waals surface area contributed by atoms with Gasteiger partial charge in [0, 0.05) is 24.6 Å². The molecule has 0 unspecified atom stereocenters. The van der Waals surface area contributed by atoms with Crippen molar-refractivity contribution >= 4 is 11.9 Å². The van der Waals surface area contributed by atoms with Crippen molar-refractivity contribution in [2.75, 3.05) is 0 Å². The van der Waals surface area contributed by atoms with Crippen LogP contribution in [0.15, 0.2) is 40.2 Å². The molecular weight excluding hydrogens is 338 g/mol. The molecule has 3 N–H and O–H groups in total. The van der Waals surface area contributed by atoms with Crippen molar-refractivity contribution in [1.82, 2.24) is 15.5 Å². The van der Waals surface area contributed by atoms with Crippen LogP contribution < -0.4 is 5.32 Å². The largest absolute Gasteiger partial charge is 0.506 e. The van der Waals surface area contributed by atoms with Crippen LogP contribution in [-0.4, -0.2) is 32.2 Å². The summed E-state index contributed by atoms with van der Waals surface area (Å²) in [7, 11) is 0. The van der Waals surface area contributed by atoms with Crippen molar-refractivity contribution in [3.8, 4) is 17.1 Å². The number of nitrogens with one attached hydrogen (secondary N) is 1. The van der Waals surface area contributed by atoms with E-state index in [9.17, 15) is 19.8 Å². The monoisotopic (exact) mass is 357 g/mol. The minimum atomic E-state index is -0.971. The number of nitrogens with zero attached hydrogens (tertiary/aromatic N) is 2. The molecule has 1 aliphatic rings. The summed E-state index contributed by atoms with van der Waals surface area (Å²) >= 11 is 0. The van der Waals surface area contributed by atoms with E-state index in [4.69, 9.17) is 4.52 Å². The first-order chi connectivity index (χ1) is 12.5. The second kappa shape index (κ2) is 7.81. The summed E-state index contributed by atoms with van der Waals surface area (Å²) in [5.41, 5.74) is 1.88. The molecule has 0 aromatic carbocycles. The molecular formula is C18H19N3O5. The van der Waals surface area contributed by atoms with E-state index in [2.05, 4.69) is 15.5 Å². The fourth-order valence-corrected chi connectivity index (χ4v) is 2.84. The number of carboxylic acids is 1. The lowest BCUT2D eigenvalue weighted by Crippen LogP contribution is -2.27. The Hall–Kier alpha value is -3.16. The van der Waals surface area contributed by atoms with Gasteiger partial charge in [-0.1, -0.05) is 5.16 Å². The average Bonchev–Trinajstić information content (AvgIpc) is 3.10. The molecule has 3 rings (SSSR count). The standard InChI is InChI=1S/C18H19N3O5/c22-11-5-7-15(19-10-11)16-9-12(26-21-16)6-8-17(23)20-14-4-2-1-3-13(14)18(24)25/h5,7,9-10,22H,1-4,6,8H2,(H,20,23)(H,24,25). The quantitative estimate of drug-likeness (QED) is 0.724. The van der Waals surface area contributed by atoms with Crippen molar-refractivity contribution in [1.29, 1.82) is 0 Å². The van der Waals surface area contributed by atoms with Gasteiger partial charge in [0.05, 0.1) is 17.5 Å². The predicted octanol–water partition coefficient (Wildman–Crippen LogP) is 2.40. The van der Waals surface area contributed by atoms with Gasteiger partial charge in [-0.05, 0) is 37.8 Å². The molecule has 8 nitrogen and oxygen atoms in total. The third-order valence-corrected chi connectivity index (χ3v) is 4.18. The van der Waals surface area contributed by atoms with Crippen LogP contribution in [-0.2, 0) is 16.0 Å². The average molecular weight is 357 g/mol. The highest BCUT2D eigenvalue weighted by atomic mass is 16.5. The first kappa shape index (κ1) is 17.7. The predicted molar refractivity (Wildman–Crippen MR) is 91.0 cm³/mol. The van der Waals surface area contributed by atoms with E-state index in [0.717, 1.165) is 12.8 Å². The summed E-state index contributed by atoms with van der Waals surface area (Å²) in [6.45, 7) is 0. The lowest BCUT2D eigenvalue weighted by molar-refractivity contribution is -0.133. The Morgan fingerprint density at radius 1 is 1.19 bits per heavy atom. The minimum absolute atomic E-state index is 0.0619. The highest BCUT2D eigenvalue weighted by Crippen LogP contribution is 2.23. The molecule has 1 amide bonds. The molecule has 0 radical (unpaired) electrons. The number of carbonyl (C=O) groups is 2. The van der Waals surface area contributed by atoms with Crippen LogP contribution in [0.25, 0.3) is 11.4 Å². The highest BCUT2D eigenvalue weighted by molar-refractivity contribution is 5.89. The van der Waals surface area contributed by atoms with Crippen LogP contribution in [0, 0.1) is 0 Å². The van der Waals surface area contributed by atoms with Crippen LogP contribution in [0.4, 0.5) is 0 Å². The van der Waals surface area contributed by atoms with Crippen molar-refractivity contribution < 1.29 is 24.3 Å². The van der Waals surface area contributed by atoms with Crippen molar-refractivity contribution in [2.45, 2.75) is 38.5 Å². The van der Waals surface area contributed by atoms with E-state index in [1.807, 2.05) is 0 Å². The zero-order chi connectivity index (χ0) is 18.5. The van der Waals surface area contributed by atoms with Crippen molar-refractivity contribution in [3.05, 3.63) is 41.4 Å². The molecule has 2 heterocycles. The van der Waals surface area contributed by atoms with E-state index >= 15 is 0 Å². The fourth-order valence-electron chi connectivity index (χ4n) is 2.84. The Labute approximate surface area is 149 Å². The second-order valence-electron chi connectivity index (χ2n) is 6.10. The number of carboxylic acid groups (broad SMARTS) is 1. The number of allylic oxidation sites excluding steroid dienone is 1. The Morgan fingerprint density at radius 3 is 2.73 bits per heavy atom. The Bertz CT molecular complexity index is 839. The minimum Gasteiger partial charge on any atom is -0.506 e. The Kier molecular flexibility index (Phi) is 5.31. The van der Waals surface area contributed by atoms with Crippen LogP contribution in [0.3, 0.4) is 0 Å². The van der Waals surface area contributed by atoms with Gasteiger partial charge >= 0.3 is 5.97 Å². The Morgan fingerprint density at radius 2 is 2.00 bits per heavy atom. The lowest BCUT2D eigenvalue weighted by atomic mass is 9.96. The molecule has 0 fully saturated rings. The highest BCUT2D eigenvalue weighted by Gasteiger charge is 2.20. The van der Waals surface area contributed by atoms with Gasteiger partial charge in [0.2, 0.25) is 5.91 Å². The summed E-state index contributed by atoms with van der Waals surface area (Å²) in [6.07, 6.45) is 4.57. The van der Waals surface area contributed by atoms with E-state index in [1.54, 1.807) is 12.1 Å². The lowest BCUT2D eigenvalue weighted by Gasteiger charge is -2.18. The number of carbonyl (C=O) groups excluding carboxylic acids is 1. The van der Waals surface area contributed by atoms with Crippen LogP contribution in [0.5, 0.6) is 5.75 Å². The van der Waals surface area contributed by atoms with Gasteiger partial charge in [-0.25, -0.2) is 4.79 Å². The summed E-state index contributed by atoms with van der Waals surface area (Å²) in [4.78, 5) is 27.4. The van der Waals surface area contributed by atoms with Gasteiger partial charge in [-0.2, -0.15) is 0 Å². The number of pyridine rings is 1. The van der Waals surface area contributed by atoms with E-state index in [0.29, 0.717) is 47.7 Å². The zero-order valence-electron chi connectivity index (χ0n) is 14.1. The third kappa shape index (κ3) is 4.27. The summed E-state index contributed by atoms with van der Waals surface area (Å²) < 4.78 is 5.21. The maximum atomic E-state index is 12.1. The van der Waals surface area contributed by atoms with E-state index in [1.165, 1.54) is 12.3 Å². The zero-order valence-corrected chi connectivity index (χ0v) is 14.1. The first-order valence-corrected chi connectivity index (χ1v) is 8.39. The Balaban J connectivity index is 1.58. The van der Waals surface area contributed by atoms with Crippen molar-refractivity contribution in [3.63, 3.8) is 0 Å². The molecule has 136 valence electrons. The molecule has 0 saturated heterocycles. The topological polar surface area (TPSA) is 126 Å². The first-order valence-electron chi connectivity index (χ1n) is 8.39. The summed E-state index contributed by atoms with van der Waals surface area (Å²) in [6, 6.07) is 4.81. The molecule has 26 heavy (non-hydrogen) atoms. The maximum absolute atomic E-state index is 12.1. The summed E-state index contributed by atoms with van der Waals surface area (Å²) in [5.74, 6) is -0.629. The van der Waals surface area contributed by atoms with Crippen LogP contribution in [0.1, 0.15) is 37.9 Å². The number of aliphatic carboxylic acids is 1. The number of aryl methyl sites for hydroxylation is 1. The number of rotatable bonds is 6. The molecule has 8 heteroatoms. The molecule has 0 aliphatic heterocycles. The van der Waals surface area contributed by atoms with E-state index in [-0.39, 0.29) is 18.1 Å². The van der Waals surface area contributed by atoms with Gasteiger partial charge < -0.3 is 20.1 Å². The second-order valence-corrected chi connectivity index (χ2v) is 6.10. The maximum Gasteiger partial charge on any atom is 0.333 e. The molecule has 2 aromatic heterocycles. The molecule has 1 aliphatic carbocycles. The molecule has 2 aromatic rings. The van der Waals surface area contributed by atoms with Crippen LogP contribution >= 0.6 is 0 Å². The van der Waals surface area contributed by atoms with E-state index < -0.39 is 5.97 Å². The fraction of sp³-hybridized carbons (Fsp3) is 0.333. The number of aromatic hydroxyl groups is 1. The molecule has 0 bridgehead atoms. The van der Waals surface area contributed by atoms with Gasteiger partial charge in [-0.3, -0.25) is 9.78 Å². The third-order valence-electron chi connectivity index (χ3n) is 4.18. The number of hydrogen-bond acceptors (Lipinski definition) is 6. The van der Waals surface area contributed by atoms with Gasteiger partial charge in [0.15, 0.2) is 0 Å². The molecule has 0 atom stereocenters. The molecule has 0 saturated carbocycles. The SMILES string of the molecule is O=C(CCc1cc(-c2ccc(O)cn2)no1)NC1=C(C(=O)O)CCCC1. The molecule has 0 spiro atoms. The van der Waals surface area contributed by atoms with Gasteiger partial charge in [0.1, 0.15) is 17.2 Å².